The van der Waals surface area contributed by atoms with E-state index >= 15 is 0 Å². The highest BCUT2D eigenvalue weighted by atomic mass is 16.5. The molecule has 0 aliphatic carbocycles. The number of rotatable bonds is 36. The second-order valence-corrected chi connectivity index (χ2v) is 13.7. The van der Waals surface area contributed by atoms with E-state index in [2.05, 4.69) is 69.3 Å². The van der Waals surface area contributed by atoms with Crippen molar-refractivity contribution in [2.45, 2.75) is 206 Å². The predicted molar refractivity (Wildman–Crippen MR) is 201 cm³/mol. The van der Waals surface area contributed by atoms with Crippen LogP contribution in [-0.2, 0) is 4.74 Å². The lowest BCUT2D eigenvalue weighted by Crippen LogP contribution is -2.18. The molecule has 44 heavy (non-hydrogen) atoms. The summed E-state index contributed by atoms with van der Waals surface area (Å²) in [6.07, 6.45) is 53.8. The van der Waals surface area contributed by atoms with E-state index < -0.39 is 0 Å². The molecule has 0 bridgehead atoms. The van der Waals surface area contributed by atoms with Crippen molar-refractivity contribution in [3.63, 3.8) is 0 Å². The van der Waals surface area contributed by atoms with Crippen molar-refractivity contribution in [1.82, 2.24) is 4.90 Å². The average molecular weight is 616 g/mol. The third kappa shape index (κ3) is 37.3. The van der Waals surface area contributed by atoms with E-state index in [1.165, 1.54) is 173 Å². The summed E-state index contributed by atoms with van der Waals surface area (Å²) in [4.78, 5) is 2.27. The molecule has 2 nitrogen and oxygen atoms in total. The van der Waals surface area contributed by atoms with Crippen LogP contribution in [0.15, 0.2) is 36.5 Å². The Morgan fingerprint density at radius 2 is 0.864 bits per heavy atom. The predicted octanol–water partition coefficient (Wildman–Crippen LogP) is 14.0. The van der Waals surface area contributed by atoms with Gasteiger partial charge in [-0.25, -0.2) is 0 Å². The van der Waals surface area contributed by atoms with Gasteiger partial charge in [0, 0.05) is 6.61 Å². The Kier molecular flexibility index (Phi) is 37.6. The first kappa shape index (κ1) is 43.1. The average Bonchev–Trinajstić information content (AvgIpc) is 3.02. The van der Waals surface area contributed by atoms with Crippen molar-refractivity contribution < 1.29 is 4.74 Å². The minimum Gasteiger partial charge on any atom is -0.378 e. The van der Waals surface area contributed by atoms with Gasteiger partial charge in [-0.05, 0) is 91.3 Å². The number of hydrogen-bond acceptors (Lipinski definition) is 2. The minimum absolute atomic E-state index is 0.495. The van der Waals surface area contributed by atoms with Gasteiger partial charge in [-0.15, -0.1) is 0 Å². The van der Waals surface area contributed by atoms with Crippen molar-refractivity contribution in [2.75, 3.05) is 27.2 Å². The van der Waals surface area contributed by atoms with Gasteiger partial charge >= 0.3 is 0 Å². The molecule has 0 saturated carbocycles. The summed E-state index contributed by atoms with van der Waals surface area (Å²) in [7, 11) is 4.31. The van der Waals surface area contributed by atoms with Crippen LogP contribution in [0.1, 0.15) is 200 Å². The van der Waals surface area contributed by atoms with Crippen molar-refractivity contribution in [2.24, 2.45) is 0 Å². The molecule has 0 rings (SSSR count). The van der Waals surface area contributed by atoms with E-state index in [4.69, 9.17) is 4.74 Å². The number of allylic oxidation sites excluding steroid dienone is 6. The van der Waals surface area contributed by atoms with Crippen molar-refractivity contribution in [3.8, 4) is 0 Å². The maximum atomic E-state index is 6.35. The zero-order valence-electron chi connectivity index (χ0n) is 30.8. The summed E-state index contributed by atoms with van der Waals surface area (Å²) in [5, 5.41) is 0. The summed E-state index contributed by atoms with van der Waals surface area (Å²) >= 11 is 0. The molecule has 260 valence electrons. The molecular formula is C42H81NO. The minimum atomic E-state index is 0.495. The van der Waals surface area contributed by atoms with E-state index in [1.807, 2.05) is 0 Å². The Morgan fingerprint density at radius 1 is 0.455 bits per heavy atom. The fourth-order valence-electron chi connectivity index (χ4n) is 5.99. The number of unbranched alkanes of at least 4 members (excludes halogenated alkanes) is 21. The van der Waals surface area contributed by atoms with Gasteiger partial charge in [0.05, 0.1) is 6.10 Å². The fraction of sp³-hybridized carbons (Fsp3) is 0.857. The second-order valence-electron chi connectivity index (χ2n) is 13.7. The quantitative estimate of drug-likeness (QED) is 0.0513. The summed E-state index contributed by atoms with van der Waals surface area (Å²) in [5.74, 6) is 0. The highest BCUT2D eigenvalue weighted by molar-refractivity contribution is 4.92. The van der Waals surface area contributed by atoms with Gasteiger partial charge in [0.15, 0.2) is 0 Å². The molecule has 0 aromatic carbocycles. The first-order chi connectivity index (χ1) is 21.7. The highest BCUT2D eigenvalue weighted by Crippen LogP contribution is 2.18. The lowest BCUT2D eigenvalue weighted by atomic mass is 10.0. The molecule has 0 aromatic heterocycles. The molecular weight excluding hydrogens is 534 g/mol. The lowest BCUT2D eigenvalue weighted by Gasteiger charge is -2.19. The Labute approximate surface area is 279 Å². The molecule has 1 atom stereocenters. The molecule has 0 aromatic rings. The largest absolute Gasteiger partial charge is 0.378 e. The Hall–Kier alpha value is -0.860. The Balaban J connectivity index is 3.61. The topological polar surface area (TPSA) is 12.5 Å². The van der Waals surface area contributed by atoms with Crippen LogP contribution in [0.3, 0.4) is 0 Å². The van der Waals surface area contributed by atoms with E-state index in [1.54, 1.807) is 0 Å². The monoisotopic (exact) mass is 616 g/mol. The molecule has 0 saturated heterocycles. The van der Waals surface area contributed by atoms with Gasteiger partial charge in [-0.3, -0.25) is 0 Å². The van der Waals surface area contributed by atoms with Crippen LogP contribution in [0.4, 0.5) is 0 Å². The van der Waals surface area contributed by atoms with E-state index in [-0.39, 0.29) is 0 Å². The molecule has 0 fully saturated rings. The molecule has 0 aliphatic rings. The normalized spacial score (nSPS) is 13.0. The van der Waals surface area contributed by atoms with Gasteiger partial charge in [0.1, 0.15) is 0 Å². The van der Waals surface area contributed by atoms with E-state index in [0.717, 1.165) is 26.0 Å². The highest BCUT2D eigenvalue weighted by Gasteiger charge is 2.09. The third-order valence-electron chi connectivity index (χ3n) is 8.88. The van der Waals surface area contributed by atoms with Crippen LogP contribution in [0.5, 0.6) is 0 Å². The first-order valence-corrected chi connectivity index (χ1v) is 19.9. The van der Waals surface area contributed by atoms with Gasteiger partial charge in [-0.2, -0.15) is 0 Å². The molecule has 0 radical (unpaired) electrons. The van der Waals surface area contributed by atoms with Gasteiger partial charge in [0.2, 0.25) is 0 Å². The summed E-state index contributed by atoms with van der Waals surface area (Å²) in [5.41, 5.74) is 0. The zero-order chi connectivity index (χ0) is 32.0. The van der Waals surface area contributed by atoms with Crippen molar-refractivity contribution in [3.05, 3.63) is 36.5 Å². The molecule has 2 heteroatoms. The Bertz CT molecular complexity index is 607. The van der Waals surface area contributed by atoms with Crippen LogP contribution >= 0.6 is 0 Å². The first-order valence-electron chi connectivity index (χ1n) is 19.9. The van der Waals surface area contributed by atoms with Gasteiger partial charge in [0.25, 0.3) is 0 Å². The second kappa shape index (κ2) is 38.3. The number of nitrogens with zero attached hydrogens (tertiary/aromatic N) is 1. The van der Waals surface area contributed by atoms with E-state index in [0.29, 0.717) is 6.10 Å². The molecule has 0 aliphatic heterocycles. The van der Waals surface area contributed by atoms with Crippen LogP contribution in [-0.4, -0.2) is 38.3 Å². The van der Waals surface area contributed by atoms with Crippen molar-refractivity contribution in [1.29, 1.82) is 0 Å². The maximum absolute atomic E-state index is 6.35. The molecule has 0 N–H and O–H groups in total. The third-order valence-corrected chi connectivity index (χ3v) is 8.88. The Morgan fingerprint density at radius 3 is 1.30 bits per heavy atom. The van der Waals surface area contributed by atoms with Crippen LogP contribution in [0.25, 0.3) is 0 Å². The van der Waals surface area contributed by atoms with Crippen LogP contribution in [0, 0.1) is 0 Å². The number of hydrogen-bond donors (Lipinski definition) is 0. The number of ether oxygens (including phenoxy) is 1. The van der Waals surface area contributed by atoms with Gasteiger partial charge < -0.3 is 9.64 Å². The smallest absolute Gasteiger partial charge is 0.0575 e. The molecule has 0 spiro atoms. The maximum Gasteiger partial charge on any atom is 0.0575 e. The molecule has 0 heterocycles. The molecule has 1 unspecified atom stereocenters. The zero-order valence-corrected chi connectivity index (χ0v) is 30.8. The van der Waals surface area contributed by atoms with Crippen molar-refractivity contribution >= 4 is 0 Å². The van der Waals surface area contributed by atoms with Gasteiger partial charge in [-0.1, -0.05) is 166 Å². The standard InChI is InChI=1S/C42H81NO/c1-5-7-9-11-13-14-15-16-17-18-19-20-21-22-23-24-25-26-27-28-29-30-32-34-36-39-42(44-41-37-40-43(3)4)38-35-33-31-12-10-8-6-2/h7,9,22-23,25-26,42H,5-6,8,10-21,24,27-41H2,1-4H3/b9-7-,23-22-,26-25-. The lowest BCUT2D eigenvalue weighted by molar-refractivity contribution is 0.0342. The van der Waals surface area contributed by atoms with E-state index in [9.17, 15) is 0 Å². The summed E-state index contributed by atoms with van der Waals surface area (Å²) in [6.45, 7) is 6.58. The SMILES string of the molecule is CC/C=C\CCCCCCCCCC/C=C\C/C=C\CCCCCCCCC(CCCCCCCCC)OCCCN(C)C. The summed E-state index contributed by atoms with van der Waals surface area (Å²) in [6, 6.07) is 0. The summed E-state index contributed by atoms with van der Waals surface area (Å²) < 4.78 is 6.35. The van der Waals surface area contributed by atoms with Crippen LogP contribution in [0.2, 0.25) is 0 Å². The molecule has 0 amide bonds. The fourth-order valence-corrected chi connectivity index (χ4v) is 5.99. The van der Waals surface area contributed by atoms with Crippen LogP contribution < -0.4 is 0 Å².